The second-order valence-corrected chi connectivity index (χ2v) is 6.03. The lowest BCUT2D eigenvalue weighted by molar-refractivity contribution is -0.200. The Kier molecular flexibility index (Phi) is 2.48. The third-order valence-corrected chi connectivity index (χ3v) is 4.91. The minimum absolute atomic E-state index is 0.0955. The molecular weight excluding hydrogens is 214 g/mol. The minimum atomic E-state index is -0.651. The maximum Gasteiger partial charge on any atom is 0.181 e. The van der Waals surface area contributed by atoms with Crippen LogP contribution in [-0.4, -0.2) is 18.0 Å². The van der Waals surface area contributed by atoms with Gasteiger partial charge in [-0.2, -0.15) is 5.26 Å². The van der Waals surface area contributed by atoms with Crippen LogP contribution in [0, 0.1) is 22.2 Å². The van der Waals surface area contributed by atoms with Crippen molar-refractivity contribution >= 4 is 5.78 Å². The number of hydrogen-bond acceptors (Lipinski definition) is 3. The van der Waals surface area contributed by atoms with Crippen LogP contribution < -0.4 is 0 Å². The van der Waals surface area contributed by atoms with Crippen LogP contribution in [0.4, 0.5) is 0 Å². The highest BCUT2D eigenvalue weighted by Crippen LogP contribution is 2.56. The summed E-state index contributed by atoms with van der Waals surface area (Å²) in [5, 5.41) is 9.10. The molecule has 2 unspecified atom stereocenters. The van der Waals surface area contributed by atoms with Crippen molar-refractivity contribution in [2.24, 2.45) is 10.8 Å². The van der Waals surface area contributed by atoms with Gasteiger partial charge >= 0.3 is 0 Å². The maximum absolute atomic E-state index is 12.3. The molecule has 2 rings (SSSR count). The van der Waals surface area contributed by atoms with Crippen molar-refractivity contribution in [2.45, 2.75) is 46.1 Å². The van der Waals surface area contributed by atoms with Gasteiger partial charge in [-0.25, -0.2) is 0 Å². The summed E-state index contributed by atoms with van der Waals surface area (Å²) in [6.07, 6.45) is 3.77. The first-order valence-corrected chi connectivity index (χ1v) is 6.10. The lowest BCUT2D eigenvalue weighted by Gasteiger charge is -2.57. The van der Waals surface area contributed by atoms with Gasteiger partial charge in [0.05, 0.1) is 16.6 Å². The van der Waals surface area contributed by atoms with Gasteiger partial charge in [-0.1, -0.05) is 13.0 Å². The molecule has 0 amide bonds. The van der Waals surface area contributed by atoms with Crippen LogP contribution >= 0.6 is 0 Å². The highest BCUT2D eigenvalue weighted by molar-refractivity contribution is 6.04. The number of nitrogens with zero attached hydrogens (tertiary/aromatic N) is 1. The molecule has 2 aliphatic rings. The molecule has 3 heteroatoms. The van der Waals surface area contributed by atoms with E-state index in [9.17, 15) is 4.79 Å². The molecule has 17 heavy (non-hydrogen) atoms. The molecule has 0 bridgehead atoms. The summed E-state index contributed by atoms with van der Waals surface area (Å²) in [5.74, 6) is -0.0955. The van der Waals surface area contributed by atoms with E-state index in [1.165, 1.54) is 0 Å². The highest BCUT2D eigenvalue weighted by atomic mass is 16.5. The van der Waals surface area contributed by atoms with Crippen LogP contribution in [0.5, 0.6) is 0 Å². The lowest BCUT2D eigenvalue weighted by Crippen LogP contribution is -2.63. The molecule has 0 spiro atoms. The predicted octanol–water partition coefficient (Wildman–Crippen LogP) is 2.62. The van der Waals surface area contributed by atoms with Crippen molar-refractivity contribution in [1.29, 1.82) is 5.26 Å². The molecule has 2 atom stereocenters. The van der Waals surface area contributed by atoms with Crippen LogP contribution in [0.2, 0.25) is 0 Å². The molecule has 92 valence electrons. The Labute approximate surface area is 102 Å². The average molecular weight is 233 g/mol. The van der Waals surface area contributed by atoms with Gasteiger partial charge < -0.3 is 4.74 Å². The molecule has 0 radical (unpaired) electrons. The first-order valence-electron chi connectivity index (χ1n) is 6.10. The number of Topliss-reactive ketones (excluding diaryl/α,β-unsaturated/α-hetero) is 1. The highest BCUT2D eigenvalue weighted by Gasteiger charge is 2.61. The number of fused-ring (bicyclic) bond motifs is 1. The summed E-state index contributed by atoms with van der Waals surface area (Å²) in [6.45, 7) is 8.58. The molecule has 0 N–H and O–H groups in total. The third-order valence-electron chi connectivity index (χ3n) is 4.91. The van der Waals surface area contributed by atoms with Gasteiger partial charge in [0.2, 0.25) is 0 Å². The average Bonchev–Trinajstić information content (AvgIpc) is 2.28. The summed E-state index contributed by atoms with van der Waals surface area (Å²) in [7, 11) is 0. The Balaban J connectivity index is 2.65. The fourth-order valence-corrected chi connectivity index (χ4v) is 3.24. The summed E-state index contributed by atoms with van der Waals surface area (Å²) in [5.41, 5.74) is -1.11. The number of ketones is 1. The molecule has 0 aromatic carbocycles. The van der Waals surface area contributed by atoms with Crippen LogP contribution in [0.1, 0.15) is 40.5 Å². The Morgan fingerprint density at radius 1 is 1.35 bits per heavy atom. The summed E-state index contributed by atoms with van der Waals surface area (Å²) in [6, 6.07) is 2.04. The number of carbonyl (C=O) groups excluding carboxylic acids is 1. The molecule has 1 fully saturated rings. The number of rotatable bonds is 0. The van der Waals surface area contributed by atoms with Crippen LogP contribution in [-0.2, 0) is 9.53 Å². The molecule has 1 heterocycles. The van der Waals surface area contributed by atoms with E-state index in [1.807, 2.05) is 32.9 Å². The largest absolute Gasteiger partial charge is 0.373 e. The van der Waals surface area contributed by atoms with Crippen LogP contribution in [0.15, 0.2) is 11.6 Å². The van der Waals surface area contributed by atoms with Crippen molar-refractivity contribution in [2.75, 3.05) is 6.61 Å². The van der Waals surface area contributed by atoms with Gasteiger partial charge in [-0.05, 0) is 33.6 Å². The van der Waals surface area contributed by atoms with E-state index in [1.54, 1.807) is 0 Å². The van der Waals surface area contributed by atoms with Crippen LogP contribution in [0.3, 0.4) is 0 Å². The number of ether oxygens (including phenoxy) is 1. The van der Waals surface area contributed by atoms with Crippen molar-refractivity contribution in [3.63, 3.8) is 0 Å². The Morgan fingerprint density at radius 3 is 2.59 bits per heavy atom. The fraction of sp³-hybridized carbons (Fsp3) is 0.714. The molecule has 0 saturated carbocycles. The topological polar surface area (TPSA) is 50.1 Å². The van der Waals surface area contributed by atoms with Crippen molar-refractivity contribution in [3.8, 4) is 6.07 Å². The van der Waals surface area contributed by atoms with Gasteiger partial charge in [0, 0.05) is 12.0 Å². The fourth-order valence-electron chi connectivity index (χ4n) is 3.24. The number of allylic oxidation sites excluding steroid dienone is 1. The minimum Gasteiger partial charge on any atom is -0.373 e. The van der Waals surface area contributed by atoms with Crippen molar-refractivity contribution < 1.29 is 9.53 Å². The second-order valence-electron chi connectivity index (χ2n) is 6.03. The monoisotopic (exact) mass is 233 g/mol. The van der Waals surface area contributed by atoms with Gasteiger partial charge in [0.25, 0.3) is 0 Å². The maximum atomic E-state index is 12.3. The number of hydrogen-bond donors (Lipinski definition) is 0. The van der Waals surface area contributed by atoms with E-state index < -0.39 is 11.0 Å². The van der Waals surface area contributed by atoms with Gasteiger partial charge in [0.15, 0.2) is 5.78 Å². The van der Waals surface area contributed by atoms with Crippen molar-refractivity contribution in [1.82, 2.24) is 0 Å². The zero-order valence-corrected chi connectivity index (χ0v) is 11.0. The van der Waals surface area contributed by atoms with E-state index in [2.05, 4.69) is 6.92 Å². The SMILES string of the molecule is CC12C=C(C#N)C(=O)C(C)(C)C1(C)OCCC2. The normalized spacial score (nSPS) is 40.2. The Hall–Kier alpha value is -1.14. The van der Waals surface area contributed by atoms with Gasteiger partial charge in [-0.15, -0.1) is 0 Å². The smallest absolute Gasteiger partial charge is 0.181 e. The molecule has 0 aromatic heterocycles. The molecule has 3 nitrogen and oxygen atoms in total. The third kappa shape index (κ3) is 1.34. The quantitative estimate of drug-likeness (QED) is 0.646. The van der Waals surface area contributed by atoms with Gasteiger partial charge in [0.1, 0.15) is 6.07 Å². The summed E-state index contributed by atoms with van der Waals surface area (Å²) < 4.78 is 5.98. The van der Waals surface area contributed by atoms with E-state index in [0.29, 0.717) is 12.2 Å². The predicted molar refractivity (Wildman–Crippen MR) is 64.2 cm³/mol. The molecule has 0 aromatic rings. The van der Waals surface area contributed by atoms with E-state index in [4.69, 9.17) is 10.00 Å². The summed E-state index contributed by atoms with van der Waals surface area (Å²) in [4.78, 5) is 12.3. The molecule has 1 aliphatic heterocycles. The number of nitriles is 1. The lowest BCUT2D eigenvalue weighted by atomic mass is 9.52. The van der Waals surface area contributed by atoms with Crippen molar-refractivity contribution in [3.05, 3.63) is 11.6 Å². The second kappa shape index (κ2) is 3.43. The number of carbonyl (C=O) groups is 1. The zero-order valence-electron chi connectivity index (χ0n) is 11.0. The standard InChI is InChI=1S/C14H19NO2/c1-12(2)11(16)10(9-15)8-13(3)6-5-7-17-14(12,13)4/h8H,5-7H2,1-4H3. The summed E-state index contributed by atoms with van der Waals surface area (Å²) >= 11 is 0. The van der Waals surface area contributed by atoms with E-state index in [-0.39, 0.29) is 11.2 Å². The van der Waals surface area contributed by atoms with E-state index >= 15 is 0 Å². The van der Waals surface area contributed by atoms with E-state index in [0.717, 1.165) is 12.8 Å². The van der Waals surface area contributed by atoms with Gasteiger partial charge in [-0.3, -0.25) is 4.79 Å². The Bertz CT molecular complexity index is 444. The first-order chi connectivity index (χ1) is 7.78. The first kappa shape index (κ1) is 12.3. The van der Waals surface area contributed by atoms with Crippen LogP contribution in [0.25, 0.3) is 0 Å². The molecular formula is C14H19NO2. The molecule has 1 saturated heterocycles. The molecule has 1 aliphatic carbocycles. The Morgan fingerprint density at radius 2 is 2.00 bits per heavy atom. The zero-order chi connectivity index (χ0) is 12.9.